The third-order valence-electron chi connectivity index (χ3n) is 4.91. The number of ether oxygens (including phenoxy) is 1. The van der Waals surface area contributed by atoms with Crippen LogP contribution in [0.15, 0.2) is 30.3 Å². The van der Waals surface area contributed by atoms with Crippen LogP contribution in [0.2, 0.25) is 0 Å². The van der Waals surface area contributed by atoms with Gasteiger partial charge in [0.25, 0.3) is 0 Å². The van der Waals surface area contributed by atoms with Gasteiger partial charge in [-0.25, -0.2) is 0 Å². The first kappa shape index (κ1) is 16.4. The molecule has 1 unspecified atom stereocenters. The van der Waals surface area contributed by atoms with Gasteiger partial charge in [-0.3, -0.25) is 9.69 Å². The fraction of sp³-hybridized carbons (Fsp3) is 0.611. The van der Waals surface area contributed by atoms with Crippen molar-refractivity contribution in [2.75, 3.05) is 39.5 Å². The van der Waals surface area contributed by atoms with Gasteiger partial charge in [-0.2, -0.15) is 0 Å². The van der Waals surface area contributed by atoms with Crippen molar-refractivity contribution in [1.29, 1.82) is 0 Å². The van der Waals surface area contributed by atoms with E-state index in [-0.39, 0.29) is 23.8 Å². The zero-order chi connectivity index (χ0) is 16.1. The Morgan fingerprint density at radius 1 is 1.35 bits per heavy atom. The topological polar surface area (TPSA) is 61.8 Å². The average Bonchev–Trinajstić information content (AvgIpc) is 2.55. The van der Waals surface area contributed by atoms with Crippen molar-refractivity contribution in [1.82, 2.24) is 10.2 Å². The molecule has 5 heteroatoms. The molecule has 3 rings (SSSR count). The van der Waals surface area contributed by atoms with Gasteiger partial charge in [0.2, 0.25) is 5.91 Å². The Balaban J connectivity index is 1.48. The number of piperidine rings is 1. The molecule has 2 saturated heterocycles. The highest BCUT2D eigenvalue weighted by Crippen LogP contribution is 2.26. The highest BCUT2D eigenvalue weighted by molar-refractivity contribution is 5.79. The number of hydrogen-bond acceptors (Lipinski definition) is 4. The minimum absolute atomic E-state index is 0.0456. The summed E-state index contributed by atoms with van der Waals surface area (Å²) in [6.07, 6.45) is 2.00. The molecular formula is C18H26N2O3. The summed E-state index contributed by atoms with van der Waals surface area (Å²) >= 11 is 0. The Hall–Kier alpha value is -1.43. The maximum Gasteiger partial charge on any atom is 0.224 e. The summed E-state index contributed by atoms with van der Waals surface area (Å²) < 4.78 is 5.17. The number of carbonyl (C=O) groups is 1. The van der Waals surface area contributed by atoms with Crippen molar-refractivity contribution in [3.8, 4) is 0 Å². The lowest BCUT2D eigenvalue weighted by Gasteiger charge is -2.40. The summed E-state index contributed by atoms with van der Waals surface area (Å²) in [7, 11) is 0. The van der Waals surface area contributed by atoms with Crippen LogP contribution in [0, 0.1) is 11.3 Å². The van der Waals surface area contributed by atoms with E-state index in [4.69, 9.17) is 4.74 Å². The number of carbonyl (C=O) groups excluding carboxylic acids is 1. The molecule has 126 valence electrons. The molecule has 2 fully saturated rings. The number of nitrogens with one attached hydrogen (secondary N) is 1. The van der Waals surface area contributed by atoms with Crippen molar-refractivity contribution in [3.05, 3.63) is 35.9 Å². The van der Waals surface area contributed by atoms with Gasteiger partial charge in [0.15, 0.2) is 0 Å². The van der Waals surface area contributed by atoms with E-state index in [0.717, 1.165) is 32.5 Å². The molecule has 0 radical (unpaired) electrons. The van der Waals surface area contributed by atoms with Gasteiger partial charge < -0.3 is 15.2 Å². The third kappa shape index (κ3) is 4.10. The van der Waals surface area contributed by atoms with E-state index < -0.39 is 0 Å². The van der Waals surface area contributed by atoms with Gasteiger partial charge >= 0.3 is 0 Å². The van der Waals surface area contributed by atoms with E-state index in [9.17, 15) is 9.90 Å². The number of likely N-dealkylation sites (tertiary alicyclic amines) is 1. The Morgan fingerprint density at radius 2 is 2.13 bits per heavy atom. The molecule has 1 aromatic carbocycles. The van der Waals surface area contributed by atoms with Crippen molar-refractivity contribution in [3.63, 3.8) is 0 Å². The highest BCUT2D eigenvalue weighted by Gasteiger charge is 2.39. The molecule has 2 heterocycles. The summed E-state index contributed by atoms with van der Waals surface area (Å²) in [6.45, 7) is 4.41. The second kappa shape index (κ2) is 7.43. The molecule has 2 aliphatic heterocycles. The zero-order valence-corrected chi connectivity index (χ0v) is 13.5. The molecule has 2 aliphatic rings. The fourth-order valence-electron chi connectivity index (χ4n) is 3.31. The second-order valence-corrected chi connectivity index (χ2v) is 6.93. The van der Waals surface area contributed by atoms with E-state index >= 15 is 0 Å². The Kier molecular flexibility index (Phi) is 5.30. The maximum atomic E-state index is 12.4. The van der Waals surface area contributed by atoms with Crippen LogP contribution in [0.4, 0.5) is 0 Å². The van der Waals surface area contributed by atoms with Crippen LogP contribution in [0.3, 0.4) is 0 Å². The molecule has 1 amide bonds. The van der Waals surface area contributed by atoms with Gasteiger partial charge in [0.05, 0.1) is 31.2 Å². The van der Waals surface area contributed by atoms with Crippen LogP contribution in [0.25, 0.3) is 0 Å². The Bertz CT molecular complexity index is 511. The molecule has 2 N–H and O–H groups in total. The fourth-order valence-corrected chi connectivity index (χ4v) is 3.31. The predicted octanol–water partition coefficient (Wildman–Crippen LogP) is 1.02. The quantitative estimate of drug-likeness (QED) is 0.822. The molecule has 1 aromatic rings. The minimum Gasteiger partial charge on any atom is -0.396 e. The molecule has 0 aromatic heterocycles. The van der Waals surface area contributed by atoms with Crippen LogP contribution in [-0.2, 0) is 16.1 Å². The maximum absolute atomic E-state index is 12.4. The van der Waals surface area contributed by atoms with E-state index in [0.29, 0.717) is 19.8 Å². The van der Waals surface area contributed by atoms with Crippen LogP contribution >= 0.6 is 0 Å². The number of aliphatic hydroxyl groups excluding tert-OH is 1. The minimum atomic E-state index is -0.256. The van der Waals surface area contributed by atoms with Gasteiger partial charge in [-0.05, 0) is 24.9 Å². The number of benzene rings is 1. The van der Waals surface area contributed by atoms with Gasteiger partial charge in [-0.15, -0.1) is 0 Å². The number of rotatable bonds is 6. The average molecular weight is 318 g/mol. The first-order valence-corrected chi connectivity index (χ1v) is 8.43. The predicted molar refractivity (Wildman–Crippen MR) is 87.8 cm³/mol. The molecule has 0 aliphatic carbocycles. The summed E-state index contributed by atoms with van der Waals surface area (Å²) in [4.78, 5) is 14.8. The smallest absolute Gasteiger partial charge is 0.224 e. The third-order valence-corrected chi connectivity index (χ3v) is 4.91. The number of aliphatic hydroxyl groups is 1. The highest BCUT2D eigenvalue weighted by atomic mass is 16.5. The van der Waals surface area contributed by atoms with Crippen LogP contribution in [-0.4, -0.2) is 55.4 Å². The summed E-state index contributed by atoms with van der Waals surface area (Å²) in [5, 5.41) is 12.5. The summed E-state index contributed by atoms with van der Waals surface area (Å²) in [5.41, 5.74) is 1.04. The van der Waals surface area contributed by atoms with Gasteiger partial charge in [0, 0.05) is 19.6 Å². The van der Waals surface area contributed by atoms with E-state index in [1.807, 2.05) is 6.07 Å². The molecule has 0 bridgehead atoms. The van der Waals surface area contributed by atoms with Crippen LogP contribution in [0.5, 0.6) is 0 Å². The lowest BCUT2D eigenvalue weighted by molar-refractivity contribution is -0.143. The van der Waals surface area contributed by atoms with Gasteiger partial charge in [-0.1, -0.05) is 30.3 Å². The van der Waals surface area contributed by atoms with E-state index in [1.165, 1.54) is 5.56 Å². The van der Waals surface area contributed by atoms with Crippen LogP contribution < -0.4 is 5.32 Å². The lowest BCUT2D eigenvalue weighted by Crippen LogP contribution is -2.54. The van der Waals surface area contributed by atoms with Crippen molar-refractivity contribution in [2.24, 2.45) is 11.3 Å². The standard InChI is InChI=1S/C18H26N2O3/c21-12-18(13-23-14-18)11-19-17(22)16-7-4-8-20(10-16)9-15-5-2-1-3-6-15/h1-3,5-6,16,21H,4,7-14H2,(H,19,22). The number of nitrogens with zero attached hydrogens (tertiary/aromatic N) is 1. The molecule has 5 nitrogen and oxygen atoms in total. The lowest BCUT2D eigenvalue weighted by atomic mass is 9.86. The molecule has 0 saturated carbocycles. The van der Waals surface area contributed by atoms with Crippen molar-refractivity contribution in [2.45, 2.75) is 19.4 Å². The Morgan fingerprint density at radius 3 is 2.78 bits per heavy atom. The van der Waals surface area contributed by atoms with E-state index in [1.54, 1.807) is 0 Å². The second-order valence-electron chi connectivity index (χ2n) is 6.93. The molecule has 0 spiro atoms. The summed E-state index contributed by atoms with van der Waals surface area (Å²) in [5.74, 6) is 0.159. The van der Waals surface area contributed by atoms with Crippen LogP contribution in [0.1, 0.15) is 18.4 Å². The first-order valence-electron chi connectivity index (χ1n) is 8.43. The zero-order valence-electron chi connectivity index (χ0n) is 13.5. The molecule has 1 atom stereocenters. The van der Waals surface area contributed by atoms with Crippen molar-refractivity contribution < 1.29 is 14.6 Å². The van der Waals surface area contributed by atoms with Crippen molar-refractivity contribution >= 4 is 5.91 Å². The SMILES string of the molecule is O=C(NCC1(CO)COC1)C1CCCN(Cc2ccccc2)C1. The summed E-state index contributed by atoms with van der Waals surface area (Å²) in [6, 6.07) is 10.4. The number of amides is 1. The van der Waals surface area contributed by atoms with Gasteiger partial charge in [0.1, 0.15) is 0 Å². The number of hydrogen-bond donors (Lipinski definition) is 2. The first-order chi connectivity index (χ1) is 11.2. The molecular weight excluding hydrogens is 292 g/mol. The normalized spacial score (nSPS) is 24.0. The largest absolute Gasteiger partial charge is 0.396 e. The monoisotopic (exact) mass is 318 g/mol. The Labute approximate surface area is 137 Å². The molecule has 23 heavy (non-hydrogen) atoms. The van der Waals surface area contributed by atoms with E-state index in [2.05, 4.69) is 34.5 Å².